The molecule has 0 aliphatic heterocycles. The molecule has 4 heteroatoms. The van der Waals surface area contributed by atoms with Crippen molar-refractivity contribution < 1.29 is 19.1 Å². The third kappa shape index (κ3) is 3.82. The van der Waals surface area contributed by atoms with E-state index >= 15 is 0 Å². The molecule has 0 bridgehead atoms. The van der Waals surface area contributed by atoms with E-state index in [0.717, 1.165) is 0 Å². The van der Waals surface area contributed by atoms with Gasteiger partial charge in [-0.15, -0.1) is 0 Å². The van der Waals surface area contributed by atoms with Gasteiger partial charge in [-0.05, 0) is 60.7 Å². The fourth-order valence-electron chi connectivity index (χ4n) is 1.85. The van der Waals surface area contributed by atoms with Gasteiger partial charge in [-0.25, -0.2) is 0 Å². The first-order valence-corrected chi connectivity index (χ1v) is 6.69. The zero-order valence-corrected chi connectivity index (χ0v) is 12.4. The van der Waals surface area contributed by atoms with E-state index in [1.54, 1.807) is 62.8 Å². The molecule has 0 heterocycles. The number of ether oxygens (including phenoxy) is 2. The van der Waals surface area contributed by atoms with E-state index in [2.05, 4.69) is 0 Å². The number of ketones is 2. The fourth-order valence-corrected chi connectivity index (χ4v) is 1.85. The van der Waals surface area contributed by atoms with E-state index in [0.29, 0.717) is 22.6 Å². The monoisotopic (exact) mass is 296 g/mol. The second kappa shape index (κ2) is 7.22. The predicted octanol–water partition coefficient (Wildman–Crippen LogP) is 3.33. The molecule has 0 aliphatic rings. The zero-order chi connectivity index (χ0) is 15.9. The van der Waals surface area contributed by atoms with E-state index in [1.165, 1.54) is 12.2 Å². The average Bonchev–Trinajstić information content (AvgIpc) is 2.59. The second-order valence-electron chi connectivity index (χ2n) is 4.52. The number of hydrogen-bond acceptors (Lipinski definition) is 4. The number of hydrogen-bond donors (Lipinski definition) is 0. The van der Waals surface area contributed by atoms with Crippen molar-refractivity contribution in [2.45, 2.75) is 0 Å². The van der Waals surface area contributed by atoms with Crippen molar-refractivity contribution >= 4 is 11.6 Å². The topological polar surface area (TPSA) is 52.6 Å². The molecule has 0 spiro atoms. The summed E-state index contributed by atoms with van der Waals surface area (Å²) in [5.74, 6) is 0.888. The van der Waals surface area contributed by atoms with Crippen LogP contribution >= 0.6 is 0 Å². The molecule has 0 saturated carbocycles. The minimum absolute atomic E-state index is 0.232. The Kier molecular flexibility index (Phi) is 5.09. The van der Waals surface area contributed by atoms with Crippen LogP contribution in [0.25, 0.3) is 0 Å². The third-order valence-electron chi connectivity index (χ3n) is 3.14. The second-order valence-corrected chi connectivity index (χ2v) is 4.52. The highest BCUT2D eigenvalue weighted by Crippen LogP contribution is 2.14. The van der Waals surface area contributed by atoms with Gasteiger partial charge in [0.2, 0.25) is 0 Å². The van der Waals surface area contributed by atoms with Crippen molar-refractivity contribution in [2.75, 3.05) is 14.2 Å². The van der Waals surface area contributed by atoms with Crippen LogP contribution in [-0.2, 0) is 0 Å². The van der Waals surface area contributed by atoms with Crippen LogP contribution in [-0.4, -0.2) is 25.8 Å². The maximum absolute atomic E-state index is 12.0. The summed E-state index contributed by atoms with van der Waals surface area (Å²) in [6.45, 7) is 0. The van der Waals surface area contributed by atoms with Gasteiger partial charge < -0.3 is 9.47 Å². The Hall–Kier alpha value is -2.88. The smallest absolute Gasteiger partial charge is 0.185 e. The highest BCUT2D eigenvalue weighted by Gasteiger charge is 2.05. The minimum Gasteiger partial charge on any atom is -0.497 e. The summed E-state index contributed by atoms with van der Waals surface area (Å²) in [5, 5.41) is 0. The maximum Gasteiger partial charge on any atom is 0.185 e. The molecule has 2 aromatic rings. The van der Waals surface area contributed by atoms with Crippen molar-refractivity contribution in [2.24, 2.45) is 0 Å². The highest BCUT2D eigenvalue weighted by molar-refractivity contribution is 6.11. The first kappa shape index (κ1) is 15.5. The molecule has 0 amide bonds. The molecular weight excluding hydrogens is 280 g/mol. The average molecular weight is 296 g/mol. The Bertz CT molecular complexity index is 621. The van der Waals surface area contributed by atoms with E-state index < -0.39 is 0 Å². The number of methoxy groups -OCH3 is 2. The molecule has 0 unspecified atom stereocenters. The summed E-state index contributed by atoms with van der Waals surface area (Å²) in [6.07, 6.45) is 2.54. The van der Waals surface area contributed by atoms with Gasteiger partial charge in [0.25, 0.3) is 0 Å². The van der Waals surface area contributed by atoms with Crippen molar-refractivity contribution in [3.8, 4) is 11.5 Å². The van der Waals surface area contributed by atoms with Crippen LogP contribution < -0.4 is 9.47 Å². The van der Waals surface area contributed by atoms with Gasteiger partial charge in [0, 0.05) is 11.1 Å². The molecule has 0 radical (unpaired) electrons. The molecule has 0 fully saturated rings. The lowest BCUT2D eigenvalue weighted by molar-refractivity contribution is 0.102. The lowest BCUT2D eigenvalue weighted by Crippen LogP contribution is -1.98. The van der Waals surface area contributed by atoms with Gasteiger partial charge >= 0.3 is 0 Å². The van der Waals surface area contributed by atoms with E-state index in [1.807, 2.05) is 0 Å². The molecule has 0 aromatic heterocycles. The number of carbonyl (C=O) groups is 2. The fraction of sp³-hybridized carbons (Fsp3) is 0.111. The number of allylic oxidation sites excluding steroid dienone is 2. The molecule has 0 aliphatic carbocycles. The summed E-state index contributed by atoms with van der Waals surface area (Å²) in [4.78, 5) is 24.0. The Morgan fingerprint density at radius 1 is 0.682 bits per heavy atom. The van der Waals surface area contributed by atoms with Gasteiger partial charge in [0.1, 0.15) is 11.5 Å². The van der Waals surface area contributed by atoms with Crippen molar-refractivity contribution in [1.29, 1.82) is 0 Å². The normalized spacial score (nSPS) is 10.5. The molecule has 0 N–H and O–H groups in total. The van der Waals surface area contributed by atoms with Crippen LogP contribution in [0.2, 0.25) is 0 Å². The molecule has 2 aromatic carbocycles. The van der Waals surface area contributed by atoms with E-state index in [4.69, 9.17) is 9.47 Å². The molecule has 0 saturated heterocycles. The van der Waals surface area contributed by atoms with Gasteiger partial charge in [-0.2, -0.15) is 0 Å². The molecule has 22 heavy (non-hydrogen) atoms. The SMILES string of the molecule is COc1ccc(C(=O)/C=C/C(=O)c2ccc(OC)cc2)cc1. The summed E-state index contributed by atoms with van der Waals surface area (Å²) >= 11 is 0. The molecular formula is C18H16O4. The Morgan fingerprint density at radius 3 is 1.27 bits per heavy atom. The van der Waals surface area contributed by atoms with E-state index in [9.17, 15) is 9.59 Å². The zero-order valence-electron chi connectivity index (χ0n) is 12.4. The van der Waals surface area contributed by atoms with Crippen molar-refractivity contribution in [1.82, 2.24) is 0 Å². The summed E-state index contributed by atoms with van der Waals surface area (Å²) < 4.78 is 10.1. The number of carbonyl (C=O) groups excluding carboxylic acids is 2. The minimum atomic E-state index is -0.232. The molecule has 2 rings (SSSR count). The van der Waals surface area contributed by atoms with Crippen LogP contribution in [0.4, 0.5) is 0 Å². The van der Waals surface area contributed by atoms with Crippen LogP contribution in [0, 0.1) is 0 Å². The highest BCUT2D eigenvalue weighted by atomic mass is 16.5. The number of benzene rings is 2. The van der Waals surface area contributed by atoms with Crippen molar-refractivity contribution in [3.63, 3.8) is 0 Å². The van der Waals surface area contributed by atoms with Crippen molar-refractivity contribution in [3.05, 3.63) is 71.8 Å². The third-order valence-corrected chi connectivity index (χ3v) is 3.14. The Morgan fingerprint density at radius 2 is 1.00 bits per heavy atom. The Balaban J connectivity index is 2.05. The predicted molar refractivity (Wildman–Crippen MR) is 83.8 cm³/mol. The molecule has 4 nitrogen and oxygen atoms in total. The van der Waals surface area contributed by atoms with Gasteiger partial charge in [-0.3, -0.25) is 9.59 Å². The van der Waals surface area contributed by atoms with E-state index in [-0.39, 0.29) is 11.6 Å². The first-order valence-electron chi connectivity index (χ1n) is 6.69. The van der Waals surface area contributed by atoms with Gasteiger partial charge in [0.15, 0.2) is 11.6 Å². The lowest BCUT2D eigenvalue weighted by atomic mass is 10.1. The van der Waals surface area contributed by atoms with Crippen LogP contribution in [0.15, 0.2) is 60.7 Å². The molecule has 112 valence electrons. The molecule has 0 atom stereocenters. The van der Waals surface area contributed by atoms with Crippen LogP contribution in [0.3, 0.4) is 0 Å². The first-order chi connectivity index (χ1) is 10.6. The van der Waals surface area contributed by atoms with Gasteiger partial charge in [-0.1, -0.05) is 0 Å². The summed E-state index contributed by atoms with van der Waals surface area (Å²) in [5.41, 5.74) is 0.999. The Labute approximate surface area is 129 Å². The largest absolute Gasteiger partial charge is 0.497 e. The number of rotatable bonds is 6. The summed E-state index contributed by atoms with van der Waals surface area (Å²) in [7, 11) is 3.12. The van der Waals surface area contributed by atoms with Crippen LogP contribution in [0.5, 0.6) is 11.5 Å². The quantitative estimate of drug-likeness (QED) is 0.606. The van der Waals surface area contributed by atoms with Crippen LogP contribution in [0.1, 0.15) is 20.7 Å². The lowest BCUT2D eigenvalue weighted by Gasteiger charge is -2.01. The standard InChI is InChI=1S/C18H16O4/c1-21-15-7-3-13(4-8-15)17(19)11-12-18(20)14-5-9-16(22-2)10-6-14/h3-12H,1-2H3/b12-11+. The van der Waals surface area contributed by atoms with Gasteiger partial charge in [0.05, 0.1) is 14.2 Å². The maximum atomic E-state index is 12.0. The summed E-state index contributed by atoms with van der Waals surface area (Å²) in [6, 6.07) is 13.4.